The van der Waals surface area contributed by atoms with Gasteiger partial charge in [0, 0.05) is 37.7 Å². The van der Waals surface area contributed by atoms with Crippen LogP contribution in [0.25, 0.3) is 0 Å². The number of ether oxygens (including phenoxy) is 1. The molecule has 0 aliphatic carbocycles. The molecule has 2 N–H and O–H groups in total. The Kier molecular flexibility index (Phi) is 7.88. The Balaban J connectivity index is 0.00000192. The summed E-state index contributed by atoms with van der Waals surface area (Å²) in [6.07, 6.45) is 1.10. The molecule has 2 heterocycles. The molecule has 0 spiro atoms. The van der Waals surface area contributed by atoms with Gasteiger partial charge in [0.15, 0.2) is 5.96 Å². The average Bonchev–Trinajstić information content (AvgIpc) is 2.58. The van der Waals surface area contributed by atoms with Crippen molar-refractivity contribution in [2.75, 3.05) is 45.9 Å². The molecule has 2 aliphatic rings. The normalized spacial score (nSPS) is 20.0. The molecular formula is C16H24ClIN4O. The smallest absolute Gasteiger partial charge is 0.191 e. The third-order valence-corrected chi connectivity index (χ3v) is 4.45. The maximum atomic E-state index is 6.43. The maximum Gasteiger partial charge on any atom is 0.191 e. The maximum absolute atomic E-state index is 6.43. The van der Waals surface area contributed by atoms with Crippen LogP contribution in [0.5, 0.6) is 0 Å². The average molecular weight is 451 g/mol. The Labute approximate surface area is 159 Å². The van der Waals surface area contributed by atoms with Gasteiger partial charge >= 0.3 is 0 Å². The number of aliphatic imine (C=N–C) groups is 1. The minimum Gasteiger partial charge on any atom is -0.379 e. The zero-order valence-corrected chi connectivity index (χ0v) is 16.2. The first-order valence-electron chi connectivity index (χ1n) is 7.93. The van der Waals surface area contributed by atoms with E-state index in [1.54, 1.807) is 0 Å². The molecule has 128 valence electrons. The van der Waals surface area contributed by atoms with Crippen molar-refractivity contribution in [2.24, 2.45) is 4.99 Å². The highest BCUT2D eigenvalue weighted by Crippen LogP contribution is 2.27. The molecule has 0 radical (unpaired) electrons. The molecule has 3 rings (SSSR count). The van der Waals surface area contributed by atoms with Crippen LogP contribution in [-0.4, -0.2) is 56.8 Å². The van der Waals surface area contributed by atoms with Crippen LogP contribution in [0.4, 0.5) is 0 Å². The van der Waals surface area contributed by atoms with Gasteiger partial charge in [0.25, 0.3) is 0 Å². The minimum absolute atomic E-state index is 0. The van der Waals surface area contributed by atoms with Crippen LogP contribution in [0.2, 0.25) is 5.02 Å². The van der Waals surface area contributed by atoms with Gasteiger partial charge in [-0.25, -0.2) is 0 Å². The number of hydrogen-bond donors (Lipinski definition) is 2. The quantitative estimate of drug-likeness (QED) is 0.691. The summed E-state index contributed by atoms with van der Waals surface area (Å²) in [5, 5.41) is 7.57. The van der Waals surface area contributed by atoms with Gasteiger partial charge in [-0.2, -0.15) is 0 Å². The Bertz CT molecular complexity index is 523. The van der Waals surface area contributed by atoms with Crippen LogP contribution in [0.3, 0.4) is 0 Å². The number of benzene rings is 1. The highest BCUT2D eigenvalue weighted by molar-refractivity contribution is 14.0. The molecule has 23 heavy (non-hydrogen) atoms. The number of halogens is 2. The van der Waals surface area contributed by atoms with Crippen LogP contribution in [0.15, 0.2) is 29.3 Å². The molecule has 5 nitrogen and oxygen atoms in total. The van der Waals surface area contributed by atoms with Gasteiger partial charge in [-0.15, -0.1) is 24.0 Å². The topological polar surface area (TPSA) is 48.9 Å². The second-order valence-electron chi connectivity index (χ2n) is 5.58. The monoisotopic (exact) mass is 450 g/mol. The van der Waals surface area contributed by atoms with Crippen molar-refractivity contribution < 1.29 is 4.74 Å². The third-order valence-electron chi connectivity index (χ3n) is 4.11. The standard InChI is InChI=1S/C16H23ClN4O.HI/c17-14-5-2-1-4-13(14)15(21-8-10-22-11-9-21)12-20-16-18-6-3-7-19-16;/h1-2,4-5,15H,3,6-12H2,(H2,18,19,20);1H. The van der Waals surface area contributed by atoms with E-state index in [9.17, 15) is 0 Å². The number of guanidine groups is 1. The van der Waals surface area contributed by atoms with Crippen molar-refractivity contribution in [3.05, 3.63) is 34.9 Å². The van der Waals surface area contributed by atoms with Crippen LogP contribution >= 0.6 is 35.6 Å². The van der Waals surface area contributed by atoms with E-state index < -0.39 is 0 Å². The highest BCUT2D eigenvalue weighted by atomic mass is 127. The van der Waals surface area contributed by atoms with E-state index in [0.717, 1.165) is 68.9 Å². The van der Waals surface area contributed by atoms with Gasteiger partial charge in [-0.05, 0) is 18.1 Å². The summed E-state index contributed by atoms with van der Waals surface area (Å²) in [4.78, 5) is 6.91. The Morgan fingerprint density at radius 2 is 2.09 bits per heavy atom. The zero-order chi connectivity index (χ0) is 15.2. The zero-order valence-electron chi connectivity index (χ0n) is 13.1. The molecule has 1 atom stereocenters. The lowest BCUT2D eigenvalue weighted by Gasteiger charge is -2.35. The molecule has 0 bridgehead atoms. The lowest BCUT2D eigenvalue weighted by molar-refractivity contribution is 0.0170. The number of hydrogen-bond acceptors (Lipinski definition) is 5. The predicted molar refractivity (Wildman–Crippen MR) is 105 cm³/mol. The van der Waals surface area contributed by atoms with E-state index in [-0.39, 0.29) is 30.0 Å². The second-order valence-corrected chi connectivity index (χ2v) is 5.98. The fraction of sp³-hybridized carbons (Fsp3) is 0.562. The van der Waals surface area contributed by atoms with Crippen molar-refractivity contribution >= 4 is 41.5 Å². The van der Waals surface area contributed by atoms with Gasteiger partial charge < -0.3 is 15.4 Å². The molecule has 1 saturated heterocycles. The number of nitrogens with one attached hydrogen (secondary N) is 2. The van der Waals surface area contributed by atoms with E-state index >= 15 is 0 Å². The summed E-state index contributed by atoms with van der Waals surface area (Å²) in [6, 6.07) is 8.32. The summed E-state index contributed by atoms with van der Waals surface area (Å²) in [5.74, 6) is 0.900. The van der Waals surface area contributed by atoms with E-state index in [2.05, 4.69) is 26.6 Å². The fourth-order valence-corrected chi connectivity index (χ4v) is 3.18. The third kappa shape index (κ3) is 5.20. The molecule has 0 amide bonds. The first kappa shape index (κ1) is 18.8. The summed E-state index contributed by atoms with van der Waals surface area (Å²) in [7, 11) is 0. The summed E-state index contributed by atoms with van der Waals surface area (Å²) >= 11 is 6.43. The molecule has 7 heteroatoms. The van der Waals surface area contributed by atoms with Gasteiger partial charge in [-0.1, -0.05) is 29.8 Å². The molecule has 0 saturated carbocycles. The number of rotatable bonds is 4. The molecule has 1 aromatic carbocycles. The van der Waals surface area contributed by atoms with E-state index in [1.807, 2.05) is 18.2 Å². The first-order valence-corrected chi connectivity index (χ1v) is 8.31. The number of nitrogens with zero attached hydrogens (tertiary/aromatic N) is 2. The number of morpholine rings is 1. The van der Waals surface area contributed by atoms with Crippen LogP contribution in [0.1, 0.15) is 18.0 Å². The predicted octanol–water partition coefficient (Wildman–Crippen LogP) is 2.27. The Hall–Kier alpha value is -0.570. The largest absolute Gasteiger partial charge is 0.379 e. The Morgan fingerprint density at radius 3 is 2.78 bits per heavy atom. The molecule has 0 aromatic heterocycles. The molecule has 1 fully saturated rings. The summed E-state index contributed by atoms with van der Waals surface area (Å²) < 4.78 is 5.48. The van der Waals surface area contributed by atoms with Gasteiger partial charge in [0.1, 0.15) is 0 Å². The van der Waals surface area contributed by atoms with E-state index in [4.69, 9.17) is 16.3 Å². The molecule has 1 aromatic rings. The van der Waals surface area contributed by atoms with E-state index in [1.165, 1.54) is 0 Å². The van der Waals surface area contributed by atoms with Crippen molar-refractivity contribution in [3.8, 4) is 0 Å². The van der Waals surface area contributed by atoms with Crippen molar-refractivity contribution in [2.45, 2.75) is 12.5 Å². The van der Waals surface area contributed by atoms with E-state index in [0.29, 0.717) is 0 Å². The SMILES string of the molecule is Clc1ccccc1C(CNC1=NCCCN1)N1CCOCC1.I. The molecular weight excluding hydrogens is 427 g/mol. The fourth-order valence-electron chi connectivity index (χ4n) is 2.91. The lowest BCUT2D eigenvalue weighted by Crippen LogP contribution is -2.47. The van der Waals surface area contributed by atoms with Gasteiger partial charge in [-0.3, -0.25) is 9.89 Å². The second kappa shape index (κ2) is 9.66. The summed E-state index contributed by atoms with van der Waals surface area (Å²) in [6.45, 7) is 6.08. The molecule has 2 aliphatic heterocycles. The lowest BCUT2D eigenvalue weighted by atomic mass is 10.0. The highest BCUT2D eigenvalue weighted by Gasteiger charge is 2.24. The van der Waals surface area contributed by atoms with Crippen LogP contribution < -0.4 is 10.6 Å². The minimum atomic E-state index is 0. The van der Waals surface area contributed by atoms with Gasteiger partial charge in [0.05, 0.1) is 19.3 Å². The van der Waals surface area contributed by atoms with Crippen LogP contribution in [-0.2, 0) is 4.74 Å². The Morgan fingerprint density at radius 1 is 1.30 bits per heavy atom. The van der Waals surface area contributed by atoms with Crippen molar-refractivity contribution in [3.63, 3.8) is 0 Å². The first-order chi connectivity index (χ1) is 10.8. The van der Waals surface area contributed by atoms with Crippen molar-refractivity contribution in [1.29, 1.82) is 0 Å². The van der Waals surface area contributed by atoms with Gasteiger partial charge in [0.2, 0.25) is 0 Å². The van der Waals surface area contributed by atoms with Crippen molar-refractivity contribution in [1.82, 2.24) is 15.5 Å². The summed E-state index contributed by atoms with van der Waals surface area (Å²) in [5.41, 5.74) is 1.16. The van der Waals surface area contributed by atoms with Crippen LogP contribution in [0, 0.1) is 0 Å². The molecule has 1 unspecified atom stereocenters.